The fourth-order valence-corrected chi connectivity index (χ4v) is 4.74. The zero-order chi connectivity index (χ0) is 28.0. The highest BCUT2D eigenvalue weighted by Crippen LogP contribution is 2.39. The maximum absolute atomic E-state index is 13.5. The van der Waals surface area contributed by atoms with Gasteiger partial charge in [-0.1, -0.05) is 48.5 Å². The third-order valence-electron chi connectivity index (χ3n) is 5.52. The van der Waals surface area contributed by atoms with Crippen molar-refractivity contribution in [1.82, 2.24) is 0 Å². The number of amides is 2. The second-order valence-electron chi connectivity index (χ2n) is 8.23. The molecule has 0 aliphatic heterocycles. The molecule has 11 heteroatoms. The number of nitrogens with zero attached hydrogens (tertiary/aromatic N) is 1. The molecule has 0 aliphatic rings. The Hall–Kier alpha value is -4.64. The van der Waals surface area contributed by atoms with Crippen LogP contribution in [-0.2, 0) is 11.0 Å². The van der Waals surface area contributed by atoms with E-state index in [4.69, 9.17) is 0 Å². The standard InChI is InChI=1S/C28H20F3N3O4S/c29-28(30,31)23-11-4-5-12-24(23)33-27(36)25(18-7-2-1-3-8-18)39-22-10-6-9-20(17-22)32-26(35)19-13-15-21(16-14-19)34(37)38/h1-17,25H,(H,32,35)(H,33,36). The van der Waals surface area contributed by atoms with Crippen molar-refractivity contribution in [3.05, 3.63) is 130 Å². The Bertz CT molecular complexity index is 1500. The van der Waals surface area contributed by atoms with Crippen LogP contribution in [0.5, 0.6) is 0 Å². The van der Waals surface area contributed by atoms with E-state index in [2.05, 4.69) is 10.6 Å². The number of nitro groups is 1. The lowest BCUT2D eigenvalue weighted by atomic mass is 10.1. The van der Waals surface area contributed by atoms with Gasteiger partial charge in [0, 0.05) is 28.3 Å². The van der Waals surface area contributed by atoms with E-state index in [9.17, 15) is 32.9 Å². The topological polar surface area (TPSA) is 101 Å². The van der Waals surface area contributed by atoms with Crippen molar-refractivity contribution in [1.29, 1.82) is 0 Å². The van der Waals surface area contributed by atoms with Gasteiger partial charge in [-0.05, 0) is 48.0 Å². The molecule has 0 bridgehead atoms. The van der Waals surface area contributed by atoms with E-state index in [1.54, 1.807) is 54.6 Å². The van der Waals surface area contributed by atoms with Gasteiger partial charge in [-0.15, -0.1) is 11.8 Å². The average molecular weight is 552 g/mol. The number of nitrogens with one attached hydrogen (secondary N) is 2. The molecule has 39 heavy (non-hydrogen) atoms. The lowest BCUT2D eigenvalue weighted by Crippen LogP contribution is -2.21. The third-order valence-corrected chi connectivity index (χ3v) is 6.76. The molecule has 0 saturated carbocycles. The Morgan fingerprint density at radius 2 is 1.49 bits per heavy atom. The van der Waals surface area contributed by atoms with Crippen LogP contribution in [0.3, 0.4) is 0 Å². The number of non-ortho nitro benzene ring substituents is 1. The normalized spacial score (nSPS) is 11.9. The minimum Gasteiger partial charge on any atom is -0.324 e. The fraction of sp³-hybridized carbons (Fsp3) is 0.0714. The molecule has 4 rings (SSSR count). The van der Waals surface area contributed by atoms with Gasteiger partial charge in [0.1, 0.15) is 5.25 Å². The first kappa shape index (κ1) is 27.4. The number of rotatable bonds is 8. The van der Waals surface area contributed by atoms with Crippen molar-refractivity contribution in [3.8, 4) is 0 Å². The quantitative estimate of drug-likeness (QED) is 0.136. The number of carbonyl (C=O) groups excluding carboxylic acids is 2. The molecule has 2 amide bonds. The molecule has 0 spiro atoms. The highest BCUT2D eigenvalue weighted by Gasteiger charge is 2.34. The van der Waals surface area contributed by atoms with Crippen molar-refractivity contribution in [2.45, 2.75) is 16.3 Å². The van der Waals surface area contributed by atoms with Crippen molar-refractivity contribution in [2.75, 3.05) is 10.6 Å². The number of halogens is 3. The van der Waals surface area contributed by atoms with Gasteiger partial charge in [-0.3, -0.25) is 19.7 Å². The van der Waals surface area contributed by atoms with E-state index in [1.165, 1.54) is 42.5 Å². The molecule has 2 N–H and O–H groups in total. The lowest BCUT2D eigenvalue weighted by molar-refractivity contribution is -0.384. The number of nitro benzene ring substituents is 1. The van der Waals surface area contributed by atoms with Crippen molar-refractivity contribution >= 4 is 40.6 Å². The molecule has 4 aromatic carbocycles. The first-order chi connectivity index (χ1) is 18.6. The smallest absolute Gasteiger partial charge is 0.324 e. The molecule has 0 heterocycles. The number of alkyl halides is 3. The van der Waals surface area contributed by atoms with E-state index in [0.717, 1.165) is 17.8 Å². The Balaban J connectivity index is 1.55. The zero-order valence-electron chi connectivity index (χ0n) is 20.0. The first-order valence-corrected chi connectivity index (χ1v) is 12.3. The summed E-state index contributed by atoms with van der Waals surface area (Å²) in [6.45, 7) is 0. The maximum atomic E-state index is 13.5. The van der Waals surface area contributed by atoms with Crippen molar-refractivity contribution < 1.29 is 27.7 Å². The molecule has 0 saturated heterocycles. The van der Waals surface area contributed by atoms with E-state index < -0.39 is 33.7 Å². The minimum absolute atomic E-state index is 0.145. The number of hydrogen-bond acceptors (Lipinski definition) is 5. The summed E-state index contributed by atoms with van der Waals surface area (Å²) in [5.74, 6) is -1.14. The molecule has 1 unspecified atom stereocenters. The van der Waals surface area contributed by atoms with E-state index >= 15 is 0 Å². The van der Waals surface area contributed by atoms with Crippen LogP contribution in [0.2, 0.25) is 0 Å². The average Bonchev–Trinajstić information content (AvgIpc) is 2.92. The highest BCUT2D eigenvalue weighted by molar-refractivity contribution is 8.00. The lowest BCUT2D eigenvalue weighted by Gasteiger charge is -2.19. The summed E-state index contributed by atoms with van der Waals surface area (Å²) < 4.78 is 40.4. The zero-order valence-corrected chi connectivity index (χ0v) is 20.8. The van der Waals surface area contributed by atoms with E-state index in [0.29, 0.717) is 16.1 Å². The molecule has 0 aliphatic carbocycles. The minimum atomic E-state index is -4.64. The second-order valence-corrected chi connectivity index (χ2v) is 9.41. The van der Waals surface area contributed by atoms with Gasteiger partial charge in [0.05, 0.1) is 16.2 Å². The Morgan fingerprint density at radius 3 is 2.15 bits per heavy atom. The van der Waals surface area contributed by atoms with Gasteiger partial charge < -0.3 is 10.6 Å². The Kier molecular flexibility index (Phi) is 8.30. The summed E-state index contributed by atoms with van der Waals surface area (Å²) in [6.07, 6.45) is -4.64. The molecule has 4 aromatic rings. The van der Waals surface area contributed by atoms with Gasteiger partial charge >= 0.3 is 6.18 Å². The van der Waals surface area contributed by atoms with Gasteiger partial charge in [-0.25, -0.2) is 0 Å². The van der Waals surface area contributed by atoms with Gasteiger partial charge in [-0.2, -0.15) is 13.2 Å². The van der Waals surface area contributed by atoms with Crippen LogP contribution in [-0.4, -0.2) is 16.7 Å². The summed E-state index contributed by atoms with van der Waals surface area (Å²) in [4.78, 5) is 36.8. The largest absolute Gasteiger partial charge is 0.418 e. The summed E-state index contributed by atoms with van der Waals surface area (Å²) in [5.41, 5.74) is -0.258. The third kappa shape index (κ3) is 7.02. The Labute approximate surface area is 225 Å². The van der Waals surface area contributed by atoms with Gasteiger partial charge in [0.15, 0.2) is 0 Å². The van der Waals surface area contributed by atoms with Crippen LogP contribution in [0.4, 0.5) is 30.2 Å². The predicted molar refractivity (Wildman–Crippen MR) is 143 cm³/mol. The van der Waals surface area contributed by atoms with Crippen LogP contribution in [0, 0.1) is 10.1 Å². The van der Waals surface area contributed by atoms with Crippen molar-refractivity contribution in [2.24, 2.45) is 0 Å². The molecule has 0 fully saturated rings. The maximum Gasteiger partial charge on any atom is 0.418 e. The van der Waals surface area contributed by atoms with Crippen LogP contribution >= 0.6 is 11.8 Å². The SMILES string of the molecule is O=C(Nc1cccc(SC(C(=O)Nc2ccccc2C(F)(F)F)c2ccccc2)c1)c1ccc([N+](=O)[O-])cc1. The van der Waals surface area contributed by atoms with Crippen LogP contribution < -0.4 is 10.6 Å². The van der Waals surface area contributed by atoms with Crippen LogP contribution in [0.25, 0.3) is 0 Å². The molecule has 0 aromatic heterocycles. The van der Waals surface area contributed by atoms with E-state index in [1.807, 2.05) is 0 Å². The molecule has 1 atom stereocenters. The van der Waals surface area contributed by atoms with Gasteiger partial charge in [0.2, 0.25) is 5.91 Å². The second kappa shape index (κ2) is 11.8. The van der Waals surface area contributed by atoms with Gasteiger partial charge in [0.25, 0.3) is 11.6 Å². The van der Waals surface area contributed by atoms with Crippen LogP contribution in [0.15, 0.2) is 108 Å². The number of benzene rings is 4. The predicted octanol–water partition coefficient (Wildman–Crippen LogP) is 7.34. The number of thioether (sulfide) groups is 1. The molecule has 198 valence electrons. The molecule has 0 radical (unpaired) electrons. The van der Waals surface area contributed by atoms with Crippen molar-refractivity contribution in [3.63, 3.8) is 0 Å². The number of hydrogen-bond donors (Lipinski definition) is 2. The fourth-order valence-electron chi connectivity index (χ4n) is 3.66. The van der Waals surface area contributed by atoms with E-state index in [-0.39, 0.29) is 16.9 Å². The Morgan fingerprint density at radius 1 is 0.821 bits per heavy atom. The molecular formula is C28H20F3N3O4S. The summed E-state index contributed by atoms with van der Waals surface area (Å²) in [7, 11) is 0. The molecule has 7 nitrogen and oxygen atoms in total. The highest BCUT2D eigenvalue weighted by atomic mass is 32.2. The number of anilines is 2. The summed E-state index contributed by atoms with van der Waals surface area (Å²) in [5, 5.41) is 15.1. The number of para-hydroxylation sites is 1. The summed E-state index contributed by atoms with van der Waals surface area (Å²) >= 11 is 1.11. The molecular weight excluding hydrogens is 531 g/mol. The first-order valence-electron chi connectivity index (χ1n) is 11.5. The summed E-state index contributed by atoms with van der Waals surface area (Å²) in [6, 6.07) is 25.1. The number of carbonyl (C=O) groups is 2. The van der Waals surface area contributed by atoms with Crippen LogP contribution in [0.1, 0.15) is 26.7 Å². The monoisotopic (exact) mass is 551 g/mol.